The second-order valence-electron chi connectivity index (χ2n) is 7.29. The SMILES string of the molecule is CCc1ccc([C@@H](CNC(=O)CSCC(=O)Nc2ccc(C)cc2)N(C)C)cc1. The smallest absolute Gasteiger partial charge is 0.234 e. The van der Waals surface area contributed by atoms with Crippen molar-refractivity contribution in [1.29, 1.82) is 0 Å². The quantitative estimate of drug-likeness (QED) is 0.624. The third-order valence-corrected chi connectivity index (χ3v) is 5.62. The van der Waals surface area contributed by atoms with E-state index in [9.17, 15) is 9.59 Å². The molecule has 0 aliphatic carbocycles. The van der Waals surface area contributed by atoms with Crippen LogP contribution in [0.2, 0.25) is 0 Å². The molecular formula is C23H31N3O2S. The van der Waals surface area contributed by atoms with Crippen molar-refractivity contribution >= 4 is 29.3 Å². The summed E-state index contributed by atoms with van der Waals surface area (Å²) in [4.78, 5) is 26.3. The van der Waals surface area contributed by atoms with Crippen molar-refractivity contribution in [2.24, 2.45) is 0 Å². The molecule has 156 valence electrons. The Bertz CT molecular complexity index is 789. The number of rotatable bonds is 10. The summed E-state index contributed by atoms with van der Waals surface area (Å²) in [6.07, 6.45) is 1.01. The molecule has 0 bridgehead atoms. The predicted octanol–water partition coefficient (Wildman–Crippen LogP) is 3.65. The first-order valence-electron chi connectivity index (χ1n) is 9.85. The minimum atomic E-state index is -0.103. The molecule has 0 aliphatic heterocycles. The van der Waals surface area contributed by atoms with E-state index in [2.05, 4.69) is 46.7 Å². The summed E-state index contributed by atoms with van der Waals surface area (Å²) in [6.45, 7) is 4.67. The molecule has 2 aromatic carbocycles. The Morgan fingerprint density at radius 2 is 1.59 bits per heavy atom. The van der Waals surface area contributed by atoms with Crippen molar-refractivity contribution in [2.45, 2.75) is 26.3 Å². The molecule has 0 saturated carbocycles. The summed E-state index contributed by atoms with van der Waals surface area (Å²) in [5.41, 5.74) is 4.40. The highest BCUT2D eigenvalue weighted by molar-refractivity contribution is 8.00. The Hall–Kier alpha value is -2.31. The van der Waals surface area contributed by atoms with E-state index in [0.29, 0.717) is 6.54 Å². The van der Waals surface area contributed by atoms with Crippen molar-refractivity contribution in [3.8, 4) is 0 Å². The summed E-state index contributed by atoms with van der Waals surface area (Å²) in [7, 11) is 4.02. The maximum atomic E-state index is 12.2. The molecule has 0 saturated heterocycles. The van der Waals surface area contributed by atoms with Crippen LogP contribution >= 0.6 is 11.8 Å². The Labute approximate surface area is 178 Å². The average molecular weight is 414 g/mol. The molecule has 0 radical (unpaired) electrons. The Kier molecular flexibility index (Phi) is 9.22. The number of amides is 2. The Morgan fingerprint density at radius 1 is 0.966 bits per heavy atom. The lowest BCUT2D eigenvalue weighted by Gasteiger charge is -2.25. The van der Waals surface area contributed by atoms with Gasteiger partial charge in [-0.1, -0.05) is 48.9 Å². The number of likely N-dealkylation sites (N-methyl/N-ethyl adjacent to an activating group) is 1. The molecule has 6 heteroatoms. The number of anilines is 1. The highest BCUT2D eigenvalue weighted by Gasteiger charge is 2.15. The number of nitrogens with one attached hydrogen (secondary N) is 2. The van der Waals surface area contributed by atoms with Gasteiger partial charge in [0.1, 0.15) is 0 Å². The third-order valence-electron chi connectivity index (χ3n) is 4.69. The summed E-state index contributed by atoms with van der Waals surface area (Å²) in [5.74, 6) is 0.344. The maximum absolute atomic E-state index is 12.2. The molecule has 5 nitrogen and oxygen atoms in total. The van der Waals surface area contributed by atoms with Crippen molar-refractivity contribution in [2.75, 3.05) is 37.5 Å². The van der Waals surface area contributed by atoms with Gasteiger partial charge in [-0.2, -0.15) is 0 Å². The first-order chi connectivity index (χ1) is 13.9. The minimum absolute atomic E-state index is 0.0600. The highest BCUT2D eigenvalue weighted by Crippen LogP contribution is 2.18. The fraction of sp³-hybridized carbons (Fsp3) is 0.391. The van der Waals surface area contributed by atoms with Gasteiger partial charge in [-0.3, -0.25) is 9.59 Å². The normalized spacial score (nSPS) is 11.9. The number of carbonyl (C=O) groups excluding carboxylic acids is 2. The summed E-state index contributed by atoms with van der Waals surface area (Å²) in [6, 6.07) is 16.3. The molecule has 2 N–H and O–H groups in total. The zero-order chi connectivity index (χ0) is 21.2. The zero-order valence-electron chi connectivity index (χ0n) is 17.7. The molecule has 0 aliphatic rings. The largest absolute Gasteiger partial charge is 0.353 e. The molecule has 1 atom stereocenters. The van der Waals surface area contributed by atoms with Crippen LogP contribution in [0.5, 0.6) is 0 Å². The maximum Gasteiger partial charge on any atom is 0.234 e. The van der Waals surface area contributed by atoms with Gasteiger partial charge in [0.2, 0.25) is 11.8 Å². The number of nitrogens with zero attached hydrogens (tertiary/aromatic N) is 1. The standard InChI is InChI=1S/C23H31N3O2S/c1-5-18-8-10-19(11-9-18)21(26(3)4)14-24-22(27)15-29-16-23(28)25-20-12-6-17(2)7-13-20/h6-13,21H,5,14-16H2,1-4H3,(H,24,27)(H,25,28)/t21-/m1/s1. The summed E-state index contributed by atoms with van der Waals surface area (Å²) < 4.78 is 0. The van der Waals surface area contributed by atoms with Crippen LogP contribution in [0.3, 0.4) is 0 Å². The van der Waals surface area contributed by atoms with E-state index in [-0.39, 0.29) is 29.4 Å². The highest BCUT2D eigenvalue weighted by atomic mass is 32.2. The monoisotopic (exact) mass is 413 g/mol. The summed E-state index contributed by atoms with van der Waals surface area (Å²) >= 11 is 1.31. The van der Waals surface area contributed by atoms with Gasteiger partial charge in [0.15, 0.2) is 0 Å². The molecular weight excluding hydrogens is 382 g/mol. The molecule has 0 heterocycles. The zero-order valence-corrected chi connectivity index (χ0v) is 18.5. The van der Waals surface area contributed by atoms with E-state index in [1.54, 1.807) is 0 Å². The predicted molar refractivity (Wildman–Crippen MR) is 122 cm³/mol. The number of thioether (sulfide) groups is 1. The lowest BCUT2D eigenvalue weighted by atomic mass is 10.0. The molecule has 2 rings (SSSR count). The molecule has 0 unspecified atom stereocenters. The number of aryl methyl sites for hydroxylation is 2. The van der Waals surface area contributed by atoms with Gasteiger partial charge in [0.25, 0.3) is 0 Å². The van der Waals surface area contributed by atoms with E-state index in [1.807, 2.05) is 45.3 Å². The average Bonchev–Trinajstić information content (AvgIpc) is 2.70. The van der Waals surface area contributed by atoms with E-state index >= 15 is 0 Å². The Balaban J connectivity index is 1.74. The van der Waals surface area contributed by atoms with Crippen LogP contribution in [0.4, 0.5) is 5.69 Å². The van der Waals surface area contributed by atoms with Gasteiger partial charge in [-0.25, -0.2) is 0 Å². The number of benzene rings is 2. The Morgan fingerprint density at radius 3 is 2.17 bits per heavy atom. The minimum Gasteiger partial charge on any atom is -0.353 e. The first kappa shape index (κ1) is 23.0. The van der Waals surface area contributed by atoms with Gasteiger partial charge >= 0.3 is 0 Å². The van der Waals surface area contributed by atoms with Crippen LogP contribution in [0.25, 0.3) is 0 Å². The molecule has 0 aromatic heterocycles. The molecule has 2 amide bonds. The van der Waals surface area contributed by atoms with Gasteiger partial charge in [0, 0.05) is 12.2 Å². The summed E-state index contributed by atoms with van der Waals surface area (Å²) in [5, 5.41) is 5.83. The van der Waals surface area contributed by atoms with Crippen LogP contribution in [-0.4, -0.2) is 48.9 Å². The fourth-order valence-corrected chi connectivity index (χ4v) is 3.55. The lowest BCUT2D eigenvalue weighted by molar-refractivity contribution is -0.118. The molecule has 2 aromatic rings. The third kappa shape index (κ3) is 7.91. The second kappa shape index (κ2) is 11.6. The van der Waals surface area contributed by atoms with Crippen LogP contribution in [0.15, 0.2) is 48.5 Å². The van der Waals surface area contributed by atoms with E-state index in [1.165, 1.54) is 22.9 Å². The van der Waals surface area contributed by atoms with Crippen molar-refractivity contribution in [3.05, 3.63) is 65.2 Å². The number of carbonyl (C=O) groups is 2. The number of hydrogen-bond donors (Lipinski definition) is 2. The lowest BCUT2D eigenvalue weighted by Crippen LogP contribution is -2.35. The van der Waals surface area contributed by atoms with Crippen molar-refractivity contribution < 1.29 is 9.59 Å². The number of hydrogen-bond acceptors (Lipinski definition) is 4. The van der Waals surface area contributed by atoms with E-state index < -0.39 is 0 Å². The van der Waals surface area contributed by atoms with Crippen LogP contribution in [0.1, 0.15) is 29.7 Å². The van der Waals surface area contributed by atoms with Crippen molar-refractivity contribution in [1.82, 2.24) is 10.2 Å². The van der Waals surface area contributed by atoms with Crippen molar-refractivity contribution in [3.63, 3.8) is 0 Å². The van der Waals surface area contributed by atoms with E-state index in [4.69, 9.17) is 0 Å². The molecule has 0 spiro atoms. The topological polar surface area (TPSA) is 61.4 Å². The van der Waals surface area contributed by atoms with Gasteiger partial charge < -0.3 is 15.5 Å². The molecule has 29 heavy (non-hydrogen) atoms. The molecule has 0 fully saturated rings. The van der Waals surface area contributed by atoms with Crippen LogP contribution < -0.4 is 10.6 Å². The first-order valence-corrected chi connectivity index (χ1v) is 11.0. The van der Waals surface area contributed by atoms with Crippen LogP contribution in [-0.2, 0) is 16.0 Å². The van der Waals surface area contributed by atoms with Gasteiger partial charge in [-0.05, 0) is 50.7 Å². The van der Waals surface area contributed by atoms with Gasteiger partial charge in [0.05, 0.1) is 17.5 Å². The second-order valence-corrected chi connectivity index (χ2v) is 8.27. The fourth-order valence-electron chi connectivity index (χ4n) is 2.91. The van der Waals surface area contributed by atoms with E-state index in [0.717, 1.165) is 17.7 Å². The van der Waals surface area contributed by atoms with Gasteiger partial charge in [-0.15, -0.1) is 11.8 Å². The van der Waals surface area contributed by atoms with Crippen LogP contribution in [0, 0.1) is 6.92 Å².